The van der Waals surface area contributed by atoms with Crippen molar-refractivity contribution < 1.29 is 23.5 Å². The molecule has 11 heteroatoms. The number of aromatic nitrogens is 3. The number of rotatable bonds is 9. The number of carbonyl (C=O) groups is 2. The number of benzene rings is 1. The van der Waals surface area contributed by atoms with Crippen molar-refractivity contribution in [1.29, 1.82) is 0 Å². The summed E-state index contributed by atoms with van der Waals surface area (Å²) in [5, 5.41) is 17.4. The Labute approximate surface area is 229 Å². The second-order valence-electron chi connectivity index (χ2n) is 11.4. The Bertz CT molecular complexity index is 1260. The molecule has 0 saturated carbocycles. The maximum atomic E-state index is 16.0. The van der Waals surface area contributed by atoms with Crippen LogP contribution in [0.1, 0.15) is 43.9 Å². The Hall–Kier alpha value is -2.89. The molecule has 210 valence electrons. The third-order valence-corrected chi connectivity index (χ3v) is 10.9. The second kappa shape index (κ2) is 10.6. The van der Waals surface area contributed by atoms with Crippen molar-refractivity contribution in [3.05, 3.63) is 48.3 Å². The van der Waals surface area contributed by atoms with Crippen LogP contribution in [0.4, 0.5) is 15.5 Å². The third kappa shape index (κ3) is 4.74. The molecule has 1 spiro atoms. The summed E-state index contributed by atoms with van der Waals surface area (Å²) >= 11 is 0. The molecule has 2 amide bonds. The lowest BCUT2D eigenvalue weighted by Gasteiger charge is -2.32. The Morgan fingerprint density at radius 1 is 1.31 bits per heavy atom. The summed E-state index contributed by atoms with van der Waals surface area (Å²) in [6.45, 7) is 10.5. The maximum absolute atomic E-state index is 16.0. The molecule has 2 fully saturated rings. The topological polar surface area (TPSA) is 101 Å². The average molecular weight is 556 g/mol. The molecule has 39 heavy (non-hydrogen) atoms. The highest BCUT2D eigenvalue weighted by Crippen LogP contribution is 2.60. The molecular formula is C28H38FN5O4Si. The van der Waals surface area contributed by atoms with Crippen molar-refractivity contribution in [3.8, 4) is 0 Å². The third-order valence-electron chi connectivity index (χ3n) is 8.49. The van der Waals surface area contributed by atoms with Gasteiger partial charge >= 0.3 is 0 Å². The van der Waals surface area contributed by atoms with E-state index in [-0.39, 0.29) is 18.4 Å². The van der Waals surface area contributed by atoms with Gasteiger partial charge in [0.2, 0.25) is 14.3 Å². The van der Waals surface area contributed by atoms with Gasteiger partial charge in [0.1, 0.15) is 0 Å². The highest BCUT2D eigenvalue weighted by molar-refractivity contribution is 6.72. The first-order valence-corrected chi connectivity index (χ1v) is 16.8. The van der Waals surface area contributed by atoms with Crippen molar-refractivity contribution in [2.45, 2.75) is 75.9 Å². The van der Waals surface area contributed by atoms with Crippen molar-refractivity contribution >= 4 is 31.6 Å². The van der Waals surface area contributed by atoms with Crippen LogP contribution in [0.5, 0.6) is 0 Å². The van der Waals surface area contributed by atoms with Crippen LogP contribution < -0.4 is 9.80 Å². The van der Waals surface area contributed by atoms with Gasteiger partial charge in [-0.1, -0.05) is 18.2 Å². The molecule has 4 atom stereocenters. The van der Waals surface area contributed by atoms with Crippen LogP contribution in [0.15, 0.2) is 37.1 Å². The number of hydrogen-bond donors (Lipinski definition) is 1. The lowest BCUT2D eigenvalue weighted by atomic mass is 9.82. The van der Waals surface area contributed by atoms with Crippen molar-refractivity contribution in [2.75, 3.05) is 29.5 Å². The Morgan fingerprint density at radius 3 is 2.79 bits per heavy atom. The number of ether oxygens (including phenoxy) is 1. The fourth-order valence-corrected chi connectivity index (χ4v) is 9.34. The van der Waals surface area contributed by atoms with E-state index in [2.05, 4.69) is 16.9 Å². The standard InChI is InChI=1S/C28H38FN5O4Si/c1-5-13-34-23-10-9-21(33-14-7-6-8-25(33)36)17-22(23)28(27(34)37)19(2)26(39(3,4)29)24(38-28)11-15-32-18-20(12-16-35)30-31-32/h5,9-10,17-19,24,26,35H,1,6-8,11-16H2,2-4H3/t19-,24+,26-,28+/m1/s1. The van der Waals surface area contributed by atoms with E-state index in [9.17, 15) is 14.7 Å². The minimum absolute atomic E-state index is 0.0120. The first-order valence-electron chi connectivity index (χ1n) is 13.9. The number of aliphatic hydroxyl groups is 1. The summed E-state index contributed by atoms with van der Waals surface area (Å²) in [4.78, 5) is 30.4. The van der Waals surface area contributed by atoms with Gasteiger partial charge in [0, 0.05) is 68.0 Å². The number of nitrogens with zero attached hydrogens (tertiary/aromatic N) is 5. The average Bonchev–Trinajstić information content (AvgIpc) is 3.53. The highest BCUT2D eigenvalue weighted by Gasteiger charge is 2.66. The predicted molar refractivity (Wildman–Crippen MR) is 149 cm³/mol. The minimum atomic E-state index is -3.30. The Kier molecular flexibility index (Phi) is 7.51. The first-order chi connectivity index (χ1) is 18.6. The van der Waals surface area contributed by atoms with Crippen LogP contribution in [0.25, 0.3) is 0 Å². The molecule has 0 bridgehead atoms. The maximum Gasteiger partial charge on any atom is 0.264 e. The molecule has 1 aromatic carbocycles. The van der Waals surface area contributed by atoms with E-state index in [0.29, 0.717) is 50.2 Å². The van der Waals surface area contributed by atoms with Crippen LogP contribution in [0, 0.1) is 5.92 Å². The SMILES string of the molecule is C=CCN1C(=O)[C@@]2(O[C@@H](CCn3cc(CCO)nn3)[C@H]([Si](C)(C)F)[C@H]2C)c2cc(N3CCCCC3=O)ccc21. The zero-order valence-electron chi connectivity index (χ0n) is 23.0. The van der Waals surface area contributed by atoms with Gasteiger partial charge in [-0.25, -0.2) is 0 Å². The van der Waals surface area contributed by atoms with Gasteiger partial charge < -0.3 is 23.8 Å². The van der Waals surface area contributed by atoms with E-state index in [1.54, 1.807) is 39.8 Å². The zero-order chi connectivity index (χ0) is 27.9. The number of carbonyl (C=O) groups excluding carboxylic acids is 2. The molecule has 0 aliphatic carbocycles. The quantitative estimate of drug-likeness (QED) is 0.288. The molecule has 9 nitrogen and oxygen atoms in total. The zero-order valence-corrected chi connectivity index (χ0v) is 24.0. The molecule has 3 aliphatic rings. The number of hydrogen-bond acceptors (Lipinski definition) is 6. The van der Waals surface area contributed by atoms with Crippen LogP contribution in [-0.4, -0.2) is 66.1 Å². The fourth-order valence-electron chi connectivity index (χ4n) is 6.80. The fraction of sp³-hybridized carbons (Fsp3) is 0.571. The van der Waals surface area contributed by atoms with Gasteiger partial charge in [0.25, 0.3) is 5.91 Å². The molecule has 3 aliphatic heterocycles. The van der Waals surface area contributed by atoms with Crippen molar-refractivity contribution in [1.82, 2.24) is 15.0 Å². The number of fused-ring (bicyclic) bond motifs is 2. The molecular weight excluding hydrogens is 517 g/mol. The van der Waals surface area contributed by atoms with Crippen molar-refractivity contribution in [3.63, 3.8) is 0 Å². The van der Waals surface area contributed by atoms with Gasteiger partial charge in [0.05, 0.1) is 17.5 Å². The van der Waals surface area contributed by atoms with E-state index in [1.807, 2.05) is 25.1 Å². The van der Waals surface area contributed by atoms with E-state index in [1.165, 1.54) is 0 Å². The number of amides is 2. The monoisotopic (exact) mass is 555 g/mol. The van der Waals surface area contributed by atoms with Crippen LogP contribution in [0.3, 0.4) is 0 Å². The summed E-state index contributed by atoms with van der Waals surface area (Å²) in [6, 6.07) is 5.69. The number of piperidine rings is 1. The highest BCUT2D eigenvalue weighted by atomic mass is 28.4. The van der Waals surface area contributed by atoms with Crippen molar-refractivity contribution in [2.24, 2.45) is 5.92 Å². The molecule has 5 rings (SSSR count). The van der Waals surface area contributed by atoms with Crippen LogP contribution >= 0.6 is 0 Å². The predicted octanol–water partition coefficient (Wildman–Crippen LogP) is 3.73. The normalized spacial score (nSPS) is 27.1. The van der Waals surface area contributed by atoms with E-state index in [0.717, 1.165) is 24.2 Å². The minimum Gasteiger partial charge on any atom is -0.396 e. The molecule has 2 saturated heterocycles. The van der Waals surface area contributed by atoms with Crippen LogP contribution in [0.2, 0.25) is 18.6 Å². The molecule has 1 aromatic heterocycles. The van der Waals surface area contributed by atoms with Crippen LogP contribution in [-0.2, 0) is 32.9 Å². The Balaban J connectivity index is 1.53. The van der Waals surface area contributed by atoms with Gasteiger partial charge in [-0.15, -0.1) is 11.7 Å². The summed E-state index contributed by atoms with van der Waals surface area (Å²) in [7, 11) is -3.30. The number of halogens is 1. The van der Waals surface area contributed by atoms with E-state index >= 15 is 4.11 Å². The Morgan fingerprint density at radius 2 is 2.10 bits per heavy atom. The molecule has 0 unspecified atom stereocenters. The molecule has 2 aromatic rings. The summed E-state index contributed by atoms with van der Waals surface area (Å²) in [5.74, 6) is -0.545. The number of aliphatic hydroxyl groups excluding tert-OH is 1. The van der Waals surface area contributed by atoms with E-state index in [4.69, 9.17) is 4.74 Å². The summed E-state index contributed by atoms with van der Waals surface area (Å²) in [6.07, 6.45) is 6.15. The van der Waals surface area contributed by atoms with Gasteiger partial charge in [-0.05, 0) is 50.6 Å². The smallest absolute Gasteiger partial charge is 0.264 e. The second-order valence-corrected chi connectivity index (χ2v) is 15.2. The molecule has 1 N–H and O–H groups in total. The lowest BCUT2D eigenvalue weighted by Crippen LogP contribution is -2.45. The molecule has 4 heterocycles. The largest absolute Gasteiger partial charge is 0.396 e. The summed E-state index contributed by atoms with van der Waals surface area (Å²) in [5.41, 5.74) is 1.09. The first kappa shape index (κ1) is 27.7. The van der Waals surface area contributed by atoms with Gasteiger partial charge in [-0.3, -0.25) is 14.3 Å². The van der Waals surface area contributed by atoms with E-state index < -0.39 is 31.6 Å². The molecule has 0 radical (unpaired) electrons. The lowest BCUT2D eigenvalue weighted by molar-refractivity contribution is -0.145. The summed E-state index contributed by atoms with van der Waals surface area (Å²) < 4.78 is 24.5. The number of aryl methyl sites for hydroxylation is 1. The van der Waals surface area contributed by atoms with Gasteiger partial charge in [0.15, 0.2) is 5.60 Å². The van der Waals surface area contributed by atoms with Gasteiger partial charge in [-0.2, -0.15) is 0 Å². The number of anilines is 2.